The van der Waals surface area contributed by atoms with Gasteiger partial charge in [-0.25, -0.2) is 4.79 Å². The van der Waals surface area contributed by atoms with Crippen LogP contribution in [0.4, 0.5) is 4.79 Å². The Morgan fingerprint density at radius 3 is 2.42 bits per heavy atom. The van der Waals surface area contributed by atoms with E-state index in [-0.39, 0.29) is 11.1 Å². The lowest BCUT2D eigenvalue weighted by atomic mass is 10.5. The van der Waals surface area contributed by atoms with E-state index in [9.17, 15) is 14.8 Å². The second-order valence-corrected chi connectivity index (χ2v) is 3.75. The number of likely N-dealkylation sites (N-methyl/N-ethyl adjacent to an activating group) is 1. The van der Waals surface area contributed by atoms with Crippen LogP contribution in [0.5, 0.6) is 0 Å². The Morgan fingerprint density at radius 1 is 1.37 bits per heavy atom. The number of carboxylic acids is 1. The third-order valence-electron chi connectivity index (χ3n) is 1.52. The van der Waals surface area contributed by atoms with Gasteiger partial charge in [-0.1, -0.05) is 0 Å². The van der Waals surface area contributed by atoms with Gasteiger partial charge in [-0.3, -0.25) is 9.63 Å². The number of carboxylic acid groups (broad SMARTS) is 1. The first-order valence-electron chi connectivity index (χ1n) is 5.36. The first kappa shape index (κ1) is 16.7. The highest BCUT2D eigenvalue weighted by Gasteiger charge is 2.16. The zero-order valence-corrected chi connectivity index (χ0v) is 11.1. The van der Waals surface area contributed by atoms with Gasteiger partial charge in [0.15, 0.2) is 6.54 Å². The lowest BCUT2D eigenvalue weighted by Gasteiger charge is -2.13. The summed E-state index contributed by atoms with van der Waals surface area (Å²) in [7, 11) is 1.20. The standard InChI is InChI=1S/C9H17N3O7/c1-6(2)17-9(15)18-7(3)19-10-12(16)11(4)5-8(13)14/h6-7H,5H2,1-4H3,(H,13,14)/b12-10-. The van der Waals surface area contributed by atoms with E-state index in [4.69, 9.17) is 5.11 Å². The van der Waals surface area contributed by atoms with Crippen LogP contribution in [0.2, 0.25) is 0 Å². The number of nitrogens with zero attached hydrogens (tertiary/aromatic N) is 3. The van der Waals surface area contributed by atoms with Crippen molar-refractivity contribution in [2.45, 2.75) is 33.2 Å². The van der Waals surface area contributed by atoms with E-state index in [1.165, 1.54) is 14.0 Å². The van der Waals surface area contributed by atoms with Crippen molar-refractivity contribution < 1.29 is 34.0 Å². The van der Waals surface area contributed by atoms with Gasteiger partial charge in [0.1, 0.15) is 0 Å². The van der Waals surface area contributed by atoms with Gasteiger partial charge < -0.3 is 19.8 Å². The van der Waals surface area contributed by atoms with Crippen molar-refractivity contribution in [1.82, 2.24) is 5.01 Å². The Balaban J connectivity index is 4.15. The first-order valence-corrected chi connectivity index (χ1v) is 5.36. The van der Waals surface area contributed by atoms with E-state index in [1.54, 1.807) is 13.8 Å². The molecule has 0 aromatic carbocycles. The van der Waals surface area contributed by atoms with Gasteiger partial charge in [-0.2, -0.15) is 0 Å². The van der Waals surface area contributed by atoms with Gasteiger partial charge in [-0.05, 0) is 13.8 Å². The third kappa shape index (κ3) is 8.46. The number of hydrogen-bond acceptors (Lipinski definition) is 7. The molecule has 0 aliphatic rings. The molecular formula is C9H17N3O7. The Kier molecular flexibility index (Phi) is 7.00. The lowest BCUT2D eigenvalue weighted by molar-refractivity contribution is -0.705. The summed E-state index contributed by atoms with van der Waals surface area (Å²) in [6.07, 6.45) is -2.47. The fraction of sp³-hybridized carbons (Fsp3) is 0.778. The molecule has 1 unspecified atom stereocenters. The van der Waals surface area contributed by atoms with E-state index in [2.05, 4.69) is 19.6 Å². The summed E-state index contributed by atoms with van der Waals surface area (Å²) >= 11 is 0. The van der Waals surface area contributed by atoms with Gasteiger partial charge in [0.2, 0.25) is 5.28 Å². The van der Waals surface area contributed by atoms with Crippen molar-refractivity contribution in [2.24, 2.45) is 5.28 Å². The van der Waals surface area contributed by atoms with Crippen LogP contribution in [0, 0.1) is 5.21 Å². The molecule has 1 N–H and O–H groups in total. The van der Waals surface area contributed by atoms with Gasteiger partial charge >= 0.3 is 12.1 Å². The summed E-state index contributed by atoms with van der Waals surface area (Å²) in [5, 5.41) is 23.4. The molecule has 19 heavy (non-hydrogen) atoms. The maximum absolute atomic E-state index is 11.2. The number of carbonyl (C=O) groups is 2. The van der Waals surface area contributed by atoms with Crippen molar-refractivity contribution in [2.75, 3.05) is 13.6 Å². The van der Waals surface area contributed by atoms with Crippen molar-refractivity contribution in [1.29, 1.82) is 0 Å². The average Bonchev–Trinajstić information content (AvgIpc) is 2.23. The van der Waals surface area contributed by atoms with Crippen LogP contribution in [-0.4, -0.2) is 53.2 Å². The maximum Gasteiger partial charge on any atom is 0.511 e. The Bertz CT molecular complexity index is 345. The molecule has 10 nitrogen and oxygen atoms in total. The number of hydrazine groups is 1. The molecule has 0 bridgehead atoms. The quantitative estimate of drug-likeness (QED) is 0.237. The van der Waals surface area contributed by atoms with E-state index >= 15 is 0 Å². The predicted octanol–water partition coefficient (Wildman–Crippen LogP) is 0.720. The second kappa shape index (κ2) is 7.95. The summed E-state index contributed by atoms with van der Waals surface area (Å²) in [6.45, 7) is 4.03. The van der Waals surface area contributed by atoms with Crippen LogP contribution in [0.3, 0.4) is 0 Å². The molecule has 0 aromatic heterocycles. The molecule has 0 radical (unpaired) electrons. The van der Waals surface area contributed by atoms with Crippen LogP contribution in [-0.2, 0) is 19.1 Å². The summed E-state index contributed by atoms with van der Waals surface area (Å²) < 4.78 is 9.26. The highest BCUT2D eigenvalue weighted by molar-refractivity contribution is 5.68. The minimum Gasteiger partial charge on any atom is -0.569 e. The van der Waals surface area contributed by atoms with Gasteiger partial charge in [-0.15, -0.1) is 5.01 Å². The first-order chi connectivity index (χ1) is 8.72. The molecule has 110 valence electrons. The summed E-state index contributed by atoms with van der Waals surface area (Å²) in [4.78, 5) is 25.8. The predicted molar refractivity (Wildman–Crippen MR) is 59.6 cm³/mol. The zero-order valence-electron chi connectivity index (χ0n) is 11.1. The number of carbonyl (C=O) groups excluding carboxylic acids is 1. The van der Waals surface area contributed by atoms with Crippen molar-refractivity contribution in [3.8, 4) is 0 Å². The average molecular weight is 279 g/mol. The normalized spacial score (nSPS) is 12.8. The minimum absolute atomic E-state index is 0.0816. The zero-order chi connectivity index (χ0) is 15.0. The van der Waals surface area contributed by atoms with Crippen molar-refractivity contribution >= 4 is 12.1 Å². The topological polar surface area (TPSA) is 124 Å². The maximum atomic E-state index is 11.2. The van der Waals surface area contributed by atoms with Crippen LogP contribution in [0.25, 0.3) is 0 Å². The van der Waals surface area contributed by atoms with Crippen LogP contribution < -0.4 is 0 Å². The third-order valence-corrected chi connectivity index (χ3v) is 1.52. The van der Waals surface area contributed by atoms with Crippen LogP contribution >= 0.6 is 0 Å². The highest BCUT2D eigenvalue weighted by atomic mass is 16.8. The summed E-state index contributed by atoms with van der Waals surface area (Å²) in [5.41, 5.74) is 0. The Labute approximate surface area is 109 Å². The van der Waals surface area contributed by atoms with Gasteiger partial charge in [0.25, 0.3) is 6.29 Å². The van der Waals surface area contributed by atoms with Gasteiger partial charge in [0.05, 0.1) is 18.1 Å². The second-order valence-electron chi connectivity index (χ2n) is 3.75. The SMILES string of the molecule is CC(C)OC(=O)OC(C)O/N=[N+](\[O-])N(C)CC(=O)O. The van der Waals surface area contributed by atoms with Crippen molar-refractivity contribution in [3.05, 3.63) is 5.21 Å². The number of rotatable bonds is 7. The highest BCUT2D eigenvalue weighted by Crippen LogP contribution is 2.00. The number of hydrogen-bond donors (Lipinski definition) is 1. The smallest absolute Gasteiger partial charge is 0.511 e. The molecule has 10 heteroatoms. The Hall–Kier alpha value is -2.26. The molecule has 0 heterocycles. The summed E-state index contributed by atoms with van der Waals surface area (Å²) in [5.74, 6) is -1.21. The molecule has 0 aromatic rings. The van der Waals surface area contributed by atoms with E-state index < -0.39 is 25.0 Å². The van der Waals surface area contributed by atoms with Crippen molar-refractivity contribution in [3.63, 3.8) is 0 Å². The summed E-state index contributed by atoms with van der Waals surface area (Å²) in [6, 6.07) is 0. The fourth-order valence-electron chi connectivity index (χ4n) is 0.803. The van der Waals surface area contributed by atoms with Gasteiger partial charge in [0, 0.05) is 6.92 Å². The lowest BCUT2D eigenvalue weighted by Crippen LogP contribution is -2.32. The largest absolute Gasteiger partial charge is 0.569 e. The number of ether oxygens (including phenoxy) is 2. The minimum atomic E-state index is -1.21. The number of aliphatic carboxylic acids is 1. The monoisotopic (exact) mass is 279 g/mol. The molecule has 1 atom stereocenters. The molecule has 0 aliphatic carbocycles. The molecular weight excluding hydrogens is 262 g/mol. The van der Waals surface area contributed by atoms with E-state index in [0.29, 0.717) is 0 Å². The fourth-order valence-corrected chi connectivity index (χ4v) is 0.803. The molecule has 0 aliphatic heterocycles. The molecule has 0 fully saturated rings. The molecule has 0 rings (SSSR count). The van der Waals surface area contributed by atoms with Crippen LogP contribution in [0.1, 0.15) is 20.8 Å². The molecule has 0 saturated heterocycles. The Morgan fingerprint density at radius 2 is 1.95 bits per heavy atom. The van der Waals surface area contributed by atoms with Crippen LogP contribution in [0.15, 0.2) is 5.28 Å². The van der Waals surface area contributed by atoms with E-state index in [0.717, 1.165) is 5.01 Å². The molecule has 0 saturated carbocycles. The van der Waals surface area contributed by atoms with E-state index in [1.807, 2.05) is 0 Å². The molecule has 0 spiro atoms. The molecule has 0 amide bonds.